The molecule has 8 heteroatoms. The number of benzene rings is 2. The lowest BCUT2D eigenvalue weighted by Crippen LogP contribution is -2.06. The number of hydrogen-bond donors (Lipinski definition) is 2. The number of nitrogens with one attached hydrogen (secondary N) is 2. The number of carbonyl (C=O) groups excluding carboxylic acids is 1. The Morgan fingerprint density at radius 1 is 1.21 bits per heavy atom. The predicted octanol–water partition coefficient (Wildman–Crippen LogP) is 4.67. The summed E-state index contributed by atoms with van der Waals surface area (Å²) < 4.78 is 4.74. The Labute approximate surface area is 168 Å². The molecule has 0 fully saturated rings. The lowest BCUT2D eigenvalue weighted by Gasteiger charge is -2.14. The van der Waals surface area contributed by atoms with Gasteiger partial charge in [0.2, 0.25) is 5.95 Å². The predicted molar refractivity (Wildman–Crippen MR) is 110 cm³/mol. The molecule has 0 aliphatic rings. The average Bonchev–Trinajstić information content (AvgIpc) is 2.71. The molecule has 144 valence electrons. The number of aromatic nitrogens is 3. The Morgan fingerprint density at radius 2 is 2.04 bits per heavy atom. The summed E-state index contributed by atoms with van der Waals surface area (Å²) >= 11 is 6.22. The number of methoxy groups -OCH3 is 1. The molecule has 0 atom stereocenters. The number of rotatable bonds is 6. The van der Waals surface area contributed by atoms with Crippen LogP contribution in [-0.4, -0.2) is 28.3 Å². The van der Waals surface area contributed by atoms with Gasteiger partial charge in [-0.1, -0.05) is 36.7 Å². The van der Waals surface area contributed by atoms with Crippen molar-refractivity contribution in [1.82, 2.24) is 15.2 Å². The fourth-order valence-corrected chi connectivity index (χ4v) is 2.90. The molecule has 7 nitrogen and oxygen atoms in total. The number of halogens is 1. The molecule has 2 aromatic carbocycles. The third-order valence-electron chi connectivity index (χ3n) is 4.19. The number of anilines is 4. The van der Waals surface area contributed by atoms with Crippen LogP contribution in [0.1, 0.15) is 28.4 Å². The van der Waals surface area contributed by atoms with Gasteiger partial charge in [0.05, 0.1) is 29.6 Å². The highest BCUT2D eigenvalue weighted by Crippen LogP contribution is 2.27. The fourth-order valence-electron chi connectivity index (χ4n) is 2.73. The normalized spacial score (nSPS) is 10.4. The van der Waals surface area contributed by atoms with Crippen molar-refractivity contribution in [3.8, 4) is 0 Å². The molecule has 0 radical (unpaired) electrons. The topological polar surface area (TPSA) is 89.0 Å². The average molecular weight is 398 g/mol. The molecule has 0 saturated heterocycles. The zero-order chi connectivity index (χ0) is 20.1. The maximum atomic E-state index is 11.7. The molecule has 0 aliphatic carbocycles. The minimum absolute atomic E-state index is 0.251. The van der Waals surface area contributed by atoms with Crippen LogP contribution < -0.4 is 10.6 Å². The van der Waals surface area contributed by atoms with E-state index in [2.05, 4.69) is 38.8 Å². The Morgan fingerprint density at radius 3 is 2.79 bits per heavy atom. The van der Waals surface area contributed by atoms with Crippen LogP contribution in [0, 0.1) is 6.92 Å². The van der Waals surface area contributed by atoms with Crippen LogP contribution in [-0.2, 0) is 11.2 Å². The summed E-state index contributed by atoms with van der Waals surface area (Å²) in [4.78, 5) is 16.2. The minimum Gasteiger partial charge on any atom is -0.465 e. The lowest BCUT2D eigenvalue weighted by atomic mass is 10.1. The Kier molecular flexibility index (Phi) is 6.06. The monoisotopic (exact) mass is 397 g/mol. The van der Waals surface area contributed by atoms with Crippen molar-refractivity contribution in [1.29, 1.82) is 0 Å². The van der Waals surface area contributed by atoms with Crippen molar-refractivity contribution in [2.75, 3.05) is 17.7 Å². The number of nitrogens with zero attached hydrogens (tertiary/aromatic N) is 3. The van der Waals surface area contributed by atoms with Gasteiger partial charge in [-0.25, -0.2) is 4.79 Å². The van der Waals surface area contributed by atoms with Gasteiger partial charge in [-0.2, -0.15) is 10.1 Å². The molecule has 2 N–H and O–H groups in total. The van der Waals surface area contributed by atoms with E-state index in [1.54, 1.807) is 24.4 Å². The first kappa shape index (κ1) is 19.6. The summed E-state index contributed by atoms with van der Waals surface area (Å²) in [7, 11) is 1.32. The van der Waals surface area contributed by atoms with Crippen LogP contribution in [0.15, 0.2) is 42.6 Å². The van der Waals surface area contributed by atoms with Gasteiger partial charge in [-0.3, -0.25) is 0 Å². The summed E-state index contributed by atoms with van der Waals surface area (Å²) in [5.74, 6) is 0.336. The number of hydrogen-bond acceptors (Lipinski definition) is 7. The third kappa shape index (κ3) is 4.37. The second-order valence-corrected chi connectivity index (χ2v) is 6.47. The highest BCUT2D eigenvalue weighted by molar-refractivity contribution is 6.33. The largest absolute Gasteiger partial charge is 0.465 e. The first-order valence-electron chi connectivity index (χ1n) is 8.72. The highest BCUT2D eigenvalue weighted by Gasteiger charge is 2.11. The smallest absolute Gasteiger partial charge is 0.337 e. The van der Waals surface area contributed by atoms with Gasteiger partial charge in [-0.15, -0.1) is 5.10 Å². The van der Waals surface area contributed by atoms with Gasteiger partial charge in [0.15, 0.2) is 5.82 Å². The summed E-state index contributed by atoms with van der Waals surface area (Å²) in [6.07, 6.45) is 2.44. The van der Waals surface area contributed by atoms with E-state index in [-0.39, 0.29) is 5.95 Å². The number of ether oxygens (including phenoxy) is 1. The van der Waals surface area contributed by atoms with Crippen molar-refractivity contribution >= 4 is 40.7 Å². The summed E-state index contributed by atoms with van der Waals surface area (Å²) in [5.41, 5.74) is 4.14. The molecule has 0 bridgehead atoms. The molecular weight excluding hydrogens is 378 g/mol. The maximum absolute atomic E-state index is 11.7. The minimum atomic E-state index is -0.458. The van der Waals surface area contributed by atoms with E-state index < -0.39 is 5.97 Å². The van der Waals surface area contributed by atoms with Crippen LogP contribution in [0.4, 0.5) is 23.1 Å². The van der Waals surface area contributed by atoms with E-state index in [1.807, 2.05) is 19.1 Å². The molecule has 1 aromatic heterocycles. The second-order valence-electron chi connectivity index (χ2n) is 6.06. The molecule has 3 aromatic rings. The third-order valence-corrected chi connectivity index (χ3v) is 4.52. The van der Waals surface area contributed by atoms with Gasteiger partial charge >= 0.3 is 5.97 Å². The van der Waals surface area contributed by atoms with Gasteiger partial charge in [0.1, 0.15) is 0 Å². The van der Waals surface area contributed by atoms with Crippen LogP contribution in [0.2, 0.25) is 5.02 Å². The first-order valence-corrected chi connectivity index (χ1v) is 9.09. The van der Waals surface area contributed by atoms with Crippen molar-refractivity contribution in [3.63, 3.8) is 0 Å². The standard InChI is InChI=1S/C20H20ClN5O2/c1-4-13-7-5-6-12(2)18(13)24-17-11-22-26-20(25-17)23-16-10-14(19(27)28-3)8-9-15(16)21/h5-11H,4H2,1-3H3,(H2,23,24,25,26). The number of carbonyl (C=O) groups is 1. The zero-order valence-corrected chi connectivity index (χ0v) is 16.5. The van der Waals surface area contributed by atoms with Crippen LogP contribution in [0.5, 0.6) is 0 Å². The summed E-state index contributed by atoms with van der Waals surface area (Å²) in [6.45, 7) is 4.13. The zero-order valence-electron chi connectivity index (χ0n) is 15.8. The van der Waals surface area contributed by atoms with E-state index in [0.717, 1.165) is 17.7 Å². The summed E-state index contributed by atoms with van der Waals surface area (Å²) in [5, 5.41) is 14.7. The van der Waals surface area contributed by atoms with Crippen LogP contribution in [0.25, 0.3) is 0 Å². The Hall–Kier alpha value is -3.19. The van der Waals surface area contributed by atoms with E-state index in [1.165, 1.54) is 12.7 Å². The molecule has 1 heterocycles. The van der Waals surface area contributed by atoms with Crippen LogP contribution in [0.3, 0.4) is 0 Å². The van der Waals surface area contributed by atoms with Gasteiger partial charge in [-0.05, 0) is 42.7 Å². The Balaban J connectivity index is 1.86. The molecular formula is C20H20ClN5O2. The van der Waals surface area contributed by atoms with Crippen LogP contribution >= 0.6 is 11.6 Å². The molecule has 0 saturated carbocycles. The van der Waals surface area contributed by atoms with Crippen molar-refractivity contribution in [2.24, 2.45) is 0 Å². The first-order chi connectivity index (χ1) is 13.5. The molecule has 28 heavy (non-hydrogen) atoms. The molecule has 0 spiro atoms. The van der Waals surface area contributed by atoms with E-state index >= 15 is 0 Å². The quantitative estimate of drug-likeness (QED) is 0.584. The number of esters is 1. The second kappa shape index (κ2) is 8.67. The SMILES string of the molecule is CCc1cccc(C)c1Nc1cnnc(Nc2cc(C(=O)OC)ccc2Cl)n1. The van der Waals surface area contributed by atoms with Gasteiger partial charge < -0.3 is 15.4 Å². The molecule has 0 amide bonds. The van der Waals surface area contributed by atoms with Crippen molar-refractivity contribution in [3.05, 3.63) is 64.3 Å². The lowest BCUT2D eigenvalue weighted by molar-refractivity contribution is 0.0601. The fraction of sp³-hybridized carbons (Fsp3) is 0.200. The molecule has 3 rings (SSSR count). The number of para-hydroxylation sites is 1. The van der Waals surface area contributed by atoms with Gasteiger partial charge in [0, 0.05) is 5.69 Å². The highest BCUT2D eigenvalue weighted by atomic mass is 35.5. The van der Waals surface area contributed by atoms with Crippen molar-refractivity contribution < 1.29 is 9.53 Å². The van der Waals surface area contributed by atoms with E-state index in [4.69, 9.17) is 16.3 Å². The summed E-state index contributed by atoms with van der Waals surface area (Å²) in [6, 6.07) is 10.9. The maximum Gasteiger partial charge on any atom is 0.337 e. The Bertz CT molecular complexity index is 1010. The molecule has 0 unspecified atom stereocenters. The van der Waals surface area contributed by atoms with E-state index in [9.17, 15) is 4.79 Å². The number of aryl methyl sites for hydroxylation is 2. The van der Waals surface area contributed by atoms with Crippen molar-refractivity contribution in [2.45, 2.75) is 20.3 Å². The van der Waals surface area contributed by atoms with E-state index in [0.29, 0.717) is 22.1 Å². The molecule has 0 aliphatic heterocycles. The van der Waals surface area contributed by atoms with Gasteiger partial charge in [0.25, 0.3) is 0 Å².